The Labute approximate surface area is 184 Å². The number of aromatic nitrogens is 2. The number of hydrogen-bond donors (Lipinski definition) is 2. The molecule has 2 unspecified atom stereocenters. The Hall–Kier alpha value is -3.46. The van der Waals surface area contributed by atoms with Crippen molar-refractivity contribution in [3.63, 3.8) is 0 Å². The van der Waals surface area contributed by atoms with E-state index in [1.54, 1.807) is 37.7 Å². The highest BCUT2D eigenvalue weighted by Gasteiger charge is 2.22. The van der Waals surface area contributed by atoms with Gasteiger partial charge in [-0.05, 0) is 50.6 Å². The Morgan fingerprint density at radius 2 is 1.66 bits per heavy atom. The van der Waals surface area contributed by atoms with Crippen LogP contribution in [-0.4, -0.2) is 27.9 Å². The number of hydrogen-bond acceptors (Lipinski definition) is 4. The maximum atomic E-state index is 13.0. The van der Waals surface area contributed by atoms with Crippen LogP contribution < -0.4 is 20.9 Å². The topological polar surface area (TPSA) is 77.3 Å². The van der Waals surface area contributed by atoms with Gasteiger partial charge in [-0.2, -0.15) is 8.78 Å². The van der Waals surface area contributed by atoms with E-state index in [0.29, 0.717) is 11.4 Å². The minimum atomic E-state index is -2.88. The van der Waals surface area contributed by atoms with E-state index in [2.05, 4.69) is 15.4 Å². The molecule has 0 aliphatic rings. The largest absolute Gasteiger partial charge is 0.435 e. The number of amides is 1. The summed E-state index contributed by atoms with van der Waals surface area (Å²) in [5, 5.41) is 5.89. The Kier molecular flexibility index (Phi) is 7.09. The lowest BCUT2D eigenvalue weighted by atomic mass is 10.1. The van der Waals surface area contributed by atoms with E-state index < -0.39 is 12.7 Å². The summed E-state index contributed by atoms with van der Waals surface area (Å²) in [5.41, 5.74) is 2.02. The van der Waals surface area contributed by atoms with Crippen molar-refractivity contribution in [2.45, 2.75) is 39.5 Å². The summed E-state index contributed by atoms with van der Waals surface area (Å²) in [5.74, 6) is -0.295. The number of alkyl halides is 2. The number of carbonyl (C=O) groups is 1. The van der Waals surface area contributed by atoms with Crippen LogP contribution in [0.1, 0.15) is 31.1 Å². The van der Waals surface area contributed by atoms with Crippen molar-refractivity contribution in [2.75, 3.05) is 5.32 Å². The molecule has 3 aromatic rings. The molecule has 170 valence electrons. The fourth-order valence-corrected chi connectivity index (χ4v) is 3.43. The van der Waals surface area contributed by atoms with E-state index in [4.69, 9.17) is 0 Å². The summed E-state index contributed by atoms with van der Waals surface area (Å²) in [7, 11) is 1.75. The number of anilines is 1. The molecule has 0 spiro atoms. The summed E-state index contributed by atoms with van der Waals surface area (Å²) in [6, 6.07) is 14.5. The molecular weight excluding hydrogens is 418 g/mol. The van der Waals surface area contributed by atoms with Gasteiger partial charge in [-0.25, -0.2) is 4.68 Å². The van der Waals surface area contributed by atoms with Crippen LogP contribution in [0.4, 0.5) is 14.5 Å². The highest BCUT2D eigenvalue weighted by atomic mass is 19.3. The van der Waals surface area contributed by atoms with Gasteiger partial charge in [0, 0.05) is 13.1 Å². The maximum absolute atomic E-state index is 13.0. The van der Waals surface area contributed by atoms with Gasteiger partial charge in [0.25, 0.3) is 5.56 Å². The van der Waals surface area contributed by atoms with E-state index in [-0.39, 0.29) is 28.9 Å². The van der Waals surface area contributed by atoms with Crippen molar-refractivity contribution in [3.8, 4) is 11.4 Å². The molecule has 0 saturated heterocycles. The summed E-state index contributed by atoms with van der Waals surface area (Å²) < 4.78 is 32.1. The summed E-state index contributed by atoms with van der Waals surface area (Å²) >= 11 is 0. The molecule has 7 nitrogen and oxygen atoms in total. The molecule has 1 amide bonds. The van der Waals surface area contributed by atoms with Gasteiger partial charge in [0.15, 0.2) is 0 Å². The molecule has 0 radical (unpaired) electrons. The fraction of sp³-hybridized carbons (Fsp3) is 0.304. The molecular formula is C23H26F2N4O3. The Balaban J connectivity index is 1.70. The quantitative estimate of drug-likeness (QED) is 0.555. The smallest absolute Gasteiger partial charge is 0.387 e. The average molecular weight is 444 g/mol. The lowest BCUT2D eigenvalue weighted by Gasteiger charge is -2.20. The number of rotatable bonds is 8. The van der Waals surface area contributed by atoms with Crippen LogP contribution >= 0.6 is 0 Å². The Morgan fingerprint density at radius 3 is 2.25 bits per heavy atom. The second-order valence-corrected chi connectivity index (χ2v) is 7.48. The molecule has 2 atom stereocenters. The van der Waals surface area contributed by atoms with Crippen LogP contribution in [0, 0.1) is 6.92 Å². The summed E-state index contributed by atoms with van der Waals surface area (Å²) in [4.78, 5) is 25.7. The SMILES string of the molecule is Cc1c(NC(=O)C(C)NC(C)c2ccc(OC(F)F)cc2)c(=O)n(-c2ccccc2)n1C. The molecule has 0 bridgehead atoms. The van der Waals surface area contributed by atoms with Crippen LogP contribution in [0.25, 0.3) is 5.69 Å². The predicted octanol–water partition coefficient (Wildman–Crippen LogP) is 3.76. The van der Waals surface area contributed by atoms with E-state index in [1.165, 1.54) is 16.8 Å². The highest BCUT2D eigenvalue weighted by molar-refractivity contribution is 5.95. The maximum Gasteiger partial charge on any atom is 0.387 e. The molecule has 0 fully saturated rings. The number of ether oxygens (including phenoxy) is 1. The zero-order chi connectivity index (χ0) is 23.4. The molecule has 1 heterocycles. The Bertz CT molecular complexity index is 1120. The van der Waals surface area contributed by atoms with Crippen molar-refractivity contribution in [1.82, 2.24) is 14.7 Å². The van der Waals surface area contributed by atoms with Gasteiger partial charge >= 0.3 is 6.61 Å². The van der Waals surface area contributed by atoms with Crippen LogP contribution in [0.5, 0.6) is 5.75 Å². The lowest BCUT2D eigenvalue weighted by Crippen LogP contribution is -2.40. The Morgan fingerprint density at radius 1 is 1.03 bits per heavy atom. The van der Waals surface area contributed by atoms with Crippen molar-refractivity contribution in [1.29, 1.82) is 0 Å². The monoisotopic (exact) mass is 444 g/mol. The third-order valence-corrected chi connectivity index (χ3v) is 5.30. The summed E-state index contributed by atoms with van der Waals surface area (Å²) in [6.07, 6.45) is 0. The molecule has 9 heteroatoms. The third kappa shape index (κ3) is 5.05. The van der Waals surface area contributed by atoms with Gasteiger partial charge in [0.2, 0.25) is 5.91 Å². The van der Waals surface area contributed by atoms with Crippen molar-refractivity contribution >= 4 is 11.6 Å². The number of nitrogens with one attached hydrogen (secondary N) is 2. The van der Waals surface area contributed by atoms with Crippen LogP contribution in [-0.2, 0) is 11.8 Å². The number of para-hydroxylation sites is 1. The van der Waals surface area contributed by atoms with Crippen LogP contribution in [0.3, 0.4) is 0 Å². The molecule has 3 rings (SSSR count). The normalized spacial score (nSPS) is 13.1. The second kappa shape index (κ2) is 9.78. The first-order chi connectivity index (χ1) is 15.2. The van der Waals surface area contributed by atoms with Crippen LogP contribution in [0.2, 0.25) is 0 Å². The molecule has 0 aliphatic carbocycles. The number of carbonyl (C=O) groups excluding carboxylic acids is 1. The zero-order valence-corrected chi connectivity index (χ0v) is 18.3. The third-order valence-electron chi connectivity index (χ3n) is 5.30. The van der Waals surface area contributed by atoms with Gasteiger partial charge in [-0.3, -0.25) is 19.6 Å². The molecule has 2 aromatic carbocycles. The number of nitrogens with zero attached hydrogens (tertiary/aromatic N) is 2. The molecule has 2 N–H and O–H groups in total. The van der Waals surface area contributed by atoms with Crippen molar-refractivity contribution in [2.24, 2.45) is 7.05 Å². The van der Waals surface area contributed by atoms with Crippen LogP contribution in [0.15, 0.2) is 59.4 Å². The molecule has 0 aliphatic heterocycles. The van der Waals surface area contributed by atoms with Gasteiger partial charge in [0.1, 0.15) is 11.4 Å². The minimum absolute atomic E-state index is 0.0657. The van der Waals surface area contributed by atoms with E-state index >= 15 is 0 Å². The number of benzene rings is 2. The lowest BCUT2D eigenvalue weighted by molar-refractivity contribution is -0.118. The molecule has 1 aromatic heterocycles. The van der Waals surface area contributed by atoms with Gasteiger partial charge in [-0.15, -0.1) is 0 Å². The van der Waals surface area contributed by atoms with E-state index in [1.807, 2.05) is 37.3 Å². The first kappa shape index (κ1) is 23.2. The van der Waals surface area contributed by atoms with E-state index in [9.17, 15) is 18.4 Å². The minimum Gasteiger partial charge on any atom is -0.435 e. The average Bonchev–Trinajstić information content (AvgIpc) is 2.97. The fourth-order valence-electron chi connectivity index (χ4n) is 3.43. The standard InChI is InChI=1S/C23H26F2N4O3/c1-14(17-10-12-19(13-11-17)32-23(24)25)26-15(2)21(30)27-20-16(3)28(4)29(22(20)31)18-8-6-5-7-9-18/h5-15,23,26H,1-4H3,(H,27,30). The van der Waals surface area contributed by atoms with Gasteiger partial charge in [-0.1, -0.05) is 30.3 Å². The van der Waals surface area contributed by atoms with E-state index in [0.717, 1.165) is 5.56 Å². The predicted molar refractivity (Wildman–Crippen MR) is 118 cm³/mol. The zero-order valence-electron chi connectivity index (χ0n) is 18.3. The number of halogens is 2. The van der Waals surface area contributed by atoms with Gasteiger partial charge < -0.3 is 10.1 Å². The summed E-state index contributed by atoms with van der Waals surface area (Å²) in [6.45, 7) is 2.42. The van der Waals surface area contributed by atoms with Crippen molar-refractivity contribution < 1.29 is 18.3 Å². The first-order valence-electron chi connectivity index (χ1n) is 10.1. The highest BCUT2D eigenvalue weighted by Crippen LogP contribution is 2.20. The first-order valence-corrected chi connectivity index (χ1v) is 10.1. The van der Waals surface area contributed by atoms with Crippen molar-refractivity contribution in [3.05, 3.63) is 76.2 Å². The molecule has 0 saturated carbocycles. The molecule has 32 heavy (non-hydrogen) atoms. The van der Waals surface area contributed by atoms with Gasteiger partial charge in [0.05, 0.1) is 17.4 Å². The second-order valence-electron chi connectivity index (χ2n) is 7.48.